The Kier molecular flexibility index (Phi) is 9.24. The van der Waals surface area contributed by atoms with Gasteiger partial charge in [0.2, 0.25) is 0 Å². The van der Waals surface area contributed by atoms with Crippen molar-refractivity contribution in [2.24, 2.45) is 11.8 Å². The van der Waals surface area contributed by atoms with Gasteiger partial charge in [0.25, 0.3) is 0 Å². The summed E-state index contributed by atoms with van der Waals surface area (Å²) in [7, 11) is 0. The summed E-state index contributed by atoms with van der Waals surface area (Å²) in [5.41, 5.74) is 2.88. The number of nitrogens with zero attached hydrogens (tertiary/aromatic N) is 1. The van der Waals surface area contributed by atoms with Gasteiger partial charge in [-0.1, -0.05) is 74.0 Å². The predicted octanol–water partition coefficient (Wildman–Crippen LogP) is 5.74. The summed E-state index contributed by atoms with van der Waals surface area (Å²) in [5.74, 6) is 1.11. The molecule has 1 saturated heterocycles. The maximum absolute atomic E-state index is 10.8. The van der Waals surface area contributed by atoms with Gasteiger partial charge in [0.1, 0.15) is 0 Å². The first-order chi connectivity index (χ1) is 14.2. The van der Waals surface area contributed by atoms with Crippen LogP contribution in [-0.4, -0.2) is 35.7 Å². The number of likely N-dealkylation sites (tertiary alicyclic amines) is 1. The summed E-state index contributed by atoms with van der Waals surface area (Å²) < 4.78 is 0. The number of hydrogen-bond donors (Lipinski definition) is 1. The molecule has 29 heavy (non-hydrogen) atoms. The Morgan fingerprint density at radius 2 is 1.66 bits per heavy atom. The summed E-state index contributed by atoms with van der Waals surface area (Å²) in [6.07, 6.45) is 9.39. The third-order valence-electron chi connectivity index (χ3n) is 6.56. The molecular formula is C27H39NO. The summed E-state index contributed by atoms with van der Waals surface area (Å²) >= 11 is 0. The first kappa shape index (κ1) is 22.1. The lowest BCUT2D eigenvalue weighted by atomic mass is 9.80. The highest BCUT2D eigenvalue weighted by atomic mass is 16.3. The van der Waals surface area contributed by atoms with Crippen LogP contribution in [0.15, 0.2) is 60.7 Å². The predicted molar refractivity (Wildman–Crippen MR) is 123 cm³/mol. The minimum absolute atomic E-state index is 0.159. The molecule has 0 radical (unpaired) electrons. The molecule has 0 aromatic heterocycles. The van der Waals surface area contributed by atoms with Crippen LogP contribution in [0, 0.1) is 11.8 Å². The number of unbranched alkanes of at least 4 members (excludes halogenated alkanes) is 1. The molecule has 3 rings (SSSR count). The van der Waals surface area contributed by atoms with Crippen LogP contribution in [0.2, 0.25) is 0 Å². The lowest BCUT2D eigenvalue weighted by molar-refractivity contribution is 0.0108. The molecule has 0 aliphatic carbocycles. The summed E-state index contributed by atoms with van der Waals surface area (Å²) in [5, 5.41) is 10.8. The van der Waals surface area contributed by atoms with Crippen molar-refractivity contribution in [3.05, 3.63) is 71.8 Å². The van der Waals surface area contributed by atoms with Crippen LogP contribution in [0.4, 0.5) is 0 Å². The highest BCUT2D eigenvalue weighted by Gasteiger charge is 2.29. The van der Waals surface area contributed by atoms with E-state index in [1.807, 2.05) is 0 Å². The third-order valence-corrected chi connectivity index (χ3v) is 6.56. The molecule has 0 bridgehead atoms. The molecule has 2 nitrogen and oxygen atoms in total. The Hall–Kier alpha value is -1.64. The molecule has 2 aromatic rings. The second-order valence-electron chi connectivity index (χ2n) is 8.94. The molecule has 1 aliphatic rings. The average Bonchev–Trinajstić information content (AvgIpc) is 2.75. The normalized spacial score (nSPS) is 21.2. The Morgan fingerprint density at radius 3 is 2.31 bits per heavy atom. The van der Waals surface area contributed by atoms with E-state index in [1.165, 1.54) is 36.8 Å². The molecule has 158 valence electrons. The van der Waals surface area contributed by atoms with E-state index in [2.05, 4.69) is 72.5 Å². The van der Waals surface area contributed by atoms with Gasteiger partial charge in [-0.15, -0.1) is 0 Å². The Labute approximate surface area is 178 Å². The van der Waals surface area contributed by atoms with Crippen LogP contribution in [0.5, 0.6) is 0 Å². The van der Waals surface area contributed by atoms with Crippen LogP contribution in [0.1, 0.15) is 56.6 Å². The van der Waals surface area contributed by atoms with Crippen molar-refractivity contribution in [2.45, 2.75) is 64.4 Å². The first-order valence-electron chi connectivity index (χ1n) is 11.7. The van der Waals surface area contributed by atoms with E-state index in [9.17, 15) is 5.11 Å². The average molecular weight is 394 g/mol. The van der Waals surface area contributed by atoms with Gasteiger partial charge in [-0.3, -0.25) is 0 Å². The smallest absolute Gasteiger partial charge is 0.0695 e. The molecule has 1 aliphatic heterocycles. The molecule has 3 atom stereocenters. The minimum Gasteiger partial charge on any atom is -0.392 e. The molecule has 1 fully saturated rings. The van der Waals surface area contributed by atoms with Gasteiger partial charge in [0.05, 0.1) is 6.10 Å². The van der Waals surface area contributed by atoms with Gasteiger partial charge in [-0.05, 0) is 81.0 Å². The molecule has 2 aromatic carbocycles. The second kappa shape index (κ2) is 12.1. The van der Waals surface area contributed by atoms with E-state index in [-0.39, 0.29) is 6.10 Å². The number of aliphatic hydroxyl groups excluding tert-OH is 1. The number of rotatable bonds is 11. The molecule has 1 heterocycles. The van der Waals surface area contributed by atoms with Crippen LogP contribution in [-0.2, 0) is 12.8 Å². The summed E-state index contributed by atoms with van der Waals surface area (Å²) in [6, 6.07) is 21.8. The molecule has 3 unspecified atom stereocenters. The number of benzene rings is 2. The van der Waals surface area contributed by atoms with E-state index in [0.717, 1.165) is 45.3 Å². The fourth-order valence-electron chi connectivity index (χ4n) is 4.82. The highest BCUT2D eigenvalue weighted by Crippen LogP contribution is 2.29. The van der Waals surface area contributed by atoms with Gasteiger partial charge in [0, 0.05) is 6.54 Å². The number of aryl methyl sites for hydroxylation is 1. The monoisotopic (exact) mass is 393 g/mol. The molecular weight excluding hydrogens is 354 g/mol. The number of piperidine rings is 1. The van der Waals surface area contributed by atoms with Crippen LogP contribution in [0.25, 0.3) is 0 Å². The second-order valence-corrected chi connectivity index (χ2v) is 8.94. The first-order valence-corrected chi connectivity index (χ1v) is 11.7. The van der Waals surface area contributed by atoms with Crippen molar-refractivity contribution >= 4 is 0 Å². The van der Waals surface area contributed by atoms with Crippen molar-refractivity contribution in [3.63, 3.8) is 0 Å². The standard InChI is InChI=1S/C27H39NO/c1-2-3-18-28-19-17-26(27(29)22-28)21-25(20-24-13-8-5-9-14-24)16-10-15-23-11-6-4-7-12-23/h4-9,11-14,25-27,29H,2-3,10,15-22H2,1H3. The third kappa shape index (κ3) is 7.60. The maximum atomic E-state index is 10.8. The van der Waals surface area contributed by atoms with Gasteiger partial charge in [0.15, 0.2) is 0 Å². The lowest BCUT2D eigenvalue weighted by Gasteiger charge is -2.37. The fraction of sp³-hybridized carbons (Fsp3) is 0.556. The van der Waals surface area contributed by atoms with Crippen LogP contribution >= 0.6 is 0 Å². The molecule has 2 heteroatoms. The largest absolute Gasteiger partial charge is 0.392 e. The van der Waals surface area contributed by atoms with E-state index in [1.54, 1.807) is 0 Å². The zero-order chi connectivity index (χ0) is 20.3. The molecule has 0 saturated carbocycles. The Morgan fingerprint density at radius 1 is 0.966 bits per heavy atom. The van der Waals surface area contributed by atoms with E-state index >= 15 is 0 Å². The van der Waals surface area contributed by atoms with Crippen LogP contribution < -0.4 is 0 Å². The topological polar surface area (TPSA) is 23.5 Å². The zero-order valence-corrected chi connectivity index (χ0v) is 18.2. The van der Waals surface area contributed by atoms with Gasteiger partial charge in [-0.2, -0.15) is 0 Å². The summed E-state index contributed by atoms with van der Waals surface area (Å²) in [6.45, 7) is 5.41. The molecule has 1 N–H and O–H groups in total. The SMILES string of the molecule is CCCCN1CCC(CC(CCCc2ccccc2)Cc2ccccc2)C(O)C1. The molecule has 0 spiro atoms. The minimum atomic E-state index is -0.159. The van der Waals surface area contributed by atoms with Crippen molar-refractivity contribution < 1.29 is 5.11 Å². The fourth-order valence-corrected chi connectivity index (χ4v) is 4.82. The highest BCUT2D eigenvalue weighted by molar-refractivity contribution is 5.16. The van der Waals surface area contributed by atoms with Gasteiger partial charge in [-0.25, -0.2) is 0 Å². The number of aliphatic hydroxyl groups is 1. The number of hydrogen-bond acceptors (Lipinski definition) is 2. The Bertz CT molecular complexity index is 671. The quantitative estimate of drug-likeness (QED) is 0.526. The van der Waals surface area contributed by atoms with E-state index in [0.29, 0.717) is 11.8 Å². The van der Waals surface area contributed by atoms with E-state index < -0.39 is 0 Å². The lowest BCUT2D eigenvalue weighted by Crippen LogP contribution is -2.44. The van der Waals surface area contributed by atoms with Crippen LogP contribution in [0.3, 0.4) is 0 Å². The molecule has 0 amide bonds. The zero-order valence-electron chi connectivity index (χ0n) is 18.2. The Balaban J connectivity index is 1.54. The van der Waals surface area contributed by atoms with Gasteiger partial charge < -0.3 is 10.0 Å². The van der Waals surface area contributed by atoms with Crippen molar-refractivity contribution in [1.29, 1.82) is 0 Å². The van der Waals surface area contributed by atoms with Crippen molar-refractivity contribution in [2.75, 3.05) is 19.6 Å². The van der Waals surface area contributed by atoms with Crippen molar-refractivity contribution in [3.8, 4) is 0 Å². The van der Waals surface area contributed by atoms with Crippen molar-refractivity contribution in [1.82, 2.24) is 4.90 Å². The number of β-amino-alcohol motifs (C(OH)–C–C–N with tert-alkyl or cyclic N) is 1. The van der Waals surface area contributed by atoms with Gasteiger partial charge >= 0.3 is 0 Å². The van der Waals surface area contributed by atoms with E-state index in [4.69, 9.17) is 0 Å². The maximum Gasteiger partial charge on any atom is 0.0695 e. The summed E-state index contributed by atoms with van der Waals surface area (Å²) in [4.78, 5) is 2.46.